The minimum absolute atomic E-state index is 0.256. The van der Waals surface area contributed by atoms with E-state index in [4.69, 9.17) is 32.7 Å². The second-order valence-electron chi connectivity index (χ2n) is 5.46. The summed E-state index contributed by atoms with van der Waals surface area (Å²) in [6, 6.07) is 11.6. The molecule has 0 saturated heterocycles. The first-order valence-corrected chi connectivity index (χ1v) is 8.46. The van der Waals surface area contributed by atoms with Gasteiger partial charge in [-0.25, -0.2) is 9.78 Å². The van der Waals surface area contributed by atoms with Gasteiger partial charge in [0.25, 0.3) is 5.56 Å². The Bertz CT molecular complexity index is 1020. The standard InChI is InChI=1S/C18H14Cl2N2O4/c1-10(17-21-14-5-3-2-4-12(14)18(24)22-17)26-16(23)9-25-15-7-6-11(19)8-13(15)20/h2-8,10H,9H2,1H3,(H,21,22,24)/t10-/m0/s1. The Hall–Kier alpha value is -2.57. The average Bonchev–Trinajstić information content (AvgIpc) is 2.61. The van der Waals surface area contributed by atoms with Crippen molar-refractivity contribution in [2.24, 2.45) is 0 Å². The molecule has 3 rings (SSSR count). The molecule has 0 spiro atoms. The third-order valence-electron chi connectivity index (χ3n) is 3.56. The van der Waals surface area contributed by atoms with Crippen molar-refractivity contribution in [1.29, 1.82) is 0 Å². The molecule has 2 aromatic carbocycles. The molecular formula is C18H14Cl2N2O4. The average molecular weight is 393 g/mol. The molecule has 0 radical (unpaired) electrons. The summed E-state index contributed by atoms with van der Waals surface area (Å²) in [5.41, 5.74) is 0.232. The van der Waals surface area contributed by atoms with Gasteiger partial charge in [-0.3, -0.25) is 4.79 Å². The highest BCUT2D eigenvalue weighted by atomic mass is 35.5. The van der Waals surface area contributed by atoms with Crippen molar-refractivity contribution in [3.63, 3.8) is 0 Å². The van der Waals surface area contributed by atoms with Gasteiger partial charge in [0.2, 0.25) is 0 Å². The molecule has 0 amide bonds. The number of nitrogens with one attached hydrogen (secondary N) is 1. The van der Waals surface area contributed by atoms with Gasteiger partial charge in [-0.15, -0.1) is 0 Å². The van der Waals surface area contributed by atoms with Crippen LogP contribution in [0.15, 0.2) is 47.3 Å². The SMILES string of the molecule is C[C@H](OC(=O)COc1ccc(Cl)cc1Cl)c1nc2ccccc2c(=O)[nH]1. The van der Waals surface area contributed by atoms with Crippen LogP contribution >= 0.6 is 23.2 Å². The van der Waals surface area contributed by atoms with E-state index in [9.17, 15) is 9.59 Å². The number of halogens is 2. The molecule has 0 aliphatic heterocycles. The molecule has 0 saturated carbocycles. The van der Waals surface area contributed by atoms with Crippen molar-refractivity contribution in [2.45, 2.75) is 13.0 Å². The first kappa shape index (κ1) is 18.2. The Morgan fingerprint density at radius 2 is 2.00 bits per heavy atom. The molecule has 0 aliphatic rings. The lowest BCUT2D eigenvalue weighted by Gasteiger charge is -2.14. The van der Waals surface area contributed by atoms with Crippen LogP contribution in [0.2, 0.25) is 10.0 Å². The fourth-order valence-electron chi connectivity index (χ4n) is 2.31. The van der Waals surface area contributed by atoms with Gasteiger partial charge < -0.3 is 14.5 Å². The number of fused-ring (bicyclic) bond motifs is 1. The third kappa shape index (κ3) is 4.15. The van der Waals surface area contributed by atoms with Gasteiger partial charge in [0.05, 0.1) is 15.9 Å². The molecule has 26 heavy (non-hydrogen) atoms. The number of ether oxygens (including phenoxy) is 2. The van der Waals surface area contributed by atoms with Gasteiger partial charge in [0, 0.05) is 5.02 Å². The summed E-state index contributed by atoms with van der Waals surface area (Å²) in [6.07, 6.45) is -0.746. The van der Waals surface area contributed by atoms with E-state index in [0.717, 1.165) is 0 Å². The highest BCUT2D eigenvalue weighted by molar-refractivity contribution is 6.35. The van der Waals surface area contributed by atoms with Gasteiger partial charge in [0.1, 0.15) is 5.75 Å². The van der Waals surface area contributed by atoms with Crippen molar-refractivity contribution >= 4 is 40.1 Å². The van der Waals surface area contributed by atoms with Gasteiger partial charge in [-0.1, -0.05) is 35.3 Å². The van der Waals surface area contributed by atoms with E-state index in [-0.39, 0.29) is 18.0 Å². The molecule has 134 valence electrons. The van der Waals surface area contributed by atoms with Gasteiger partial charge in [-0.05, 0) is 37.3 Å². The Morgan fingerprint density at radius 3 is 2.77 bits per heavy atom. The lowest BCUT2D eigenvalue weighted by Crippen LogP contribution is -2.20. The van der Waals surface area contributed by atoms with E-state index >= 15 is 0 Å². The number of aromatic nitrogens is 2. The fraction of sp³-hybridized carbons (Fsp3) is 0.167. The number of hydrogen-bond acceptors (Lipinski definition) is 5. The first-order chi connectivity index (χ1) is 12.4. The quantitative estimate of drug-likeness (QED) is 0.665. The van der Waals surface area contributed by atoms with Crippen LogP contribution < -0.4 is 10.3 Å². The Balaban J connectivity index is 1.66. The van der Waals surface area contributed by atoms with Crippen molar-refractivity contribution in [1.82, 2.24) is 9.97 Å². The zero-order valence-corrected chi connectivity index (χ0v) is 15.2. The molecule has 0 aliphatic carbocycles. The normalized spacial score (nSPS) is 12.0. The topological polar surface area (TPSA) is 81.3 Å². The number of nitrogens with zero attached hydrogens (tertiary/aromatic N) is 1. The summed E-state index contributed by atoms with van der Waals surface area (Å²) in [6.45, 7) is 1.27. The van der Waals surface area contributed by atoms with Crippen LogP contribution in [0.5, 0.6) is 5.75 Å². The monoisotopic (exact) mass is 392 g/mol. The molecule has 1 heterocycles. The zero-order valence-electron chi connectivity index (χ0n) is 13.7. The van der Waals surface area contributed by atoms with E-state index in [1.807, 2.05) is 0 Å². The summed E-state index contributed by atoms with van der Waals surface area (Å²) >= 11 is 11.8. The second kappa shape index (κ2) is 7.76. The van der Waals surface area contributed by atoms with Gasteiger partial charge in [0.15, 0.2) is 18.5 Å². The number of hydrogen-bond donors (Lipinski definition) is 1. The highest BCUT2D eigenvalue weighted by Crippen LogP contribution is 2.27. The lowest BCUT2D eigenvalue weighted by atomic mass is 10.2. The summed E-state index contributed by atoms with van der Waals surface area (Å²) in [5.74, 6) is -0.0520. The lowest BCUT2D eigenvalue weighted by molar-refractivity contribution is -0.151. The number of rotatable bonds is 5. The smallest absolute Gasteiger partial charge is 0.344 e. The Morgan fingerprint density at radius 1 is 1.23 bits per heavy atom. The van der Waals surface area contributed by atoms with Crippen molar-refractivity contribution in [3.05, 3.63) is 68.7 Å². The van der Waals surface area contributed by atoms with Crippen LogP contribution in [0.3, 0.4) is 0 Å². The number of esters is 1. The molecule has 1 atom stereocenters. The number of H-pyrrole nitrogens is 1. The van der Waals surface area contributed by atoms with Crippen molar-refractivity contribution in [3.8, 4) is 5.75 Å². The van der Waals surface area contributed by atoms with Crippen LogP contribution in [0.25, 0.3) is 10.9 Å². The number of benzene rings is 2. The minimum atomic E-state index is -0.746. The van der Waals surface area contributed by atoms with Crippen LogP contribution in [-0.4, -0.2) is 22.5 Å². The van der Waals surface area contributed by atoms with Crippen LogP contribution in [-0.2, 0) is 9.53 Å². The molecule has 1 N–H and O–H groups in total. The molecule has 0 unspecified atom stereocenters. The Labute approximate surface area is 158 Å². The minimum Gasteiger partial charge on any atom is -0.480 e. The Kier molecular flexibility index (Phi) is 5.44. The number of carbonyl (C=O) groups excluding carboxylic acids is 1. The third-order valence-corrected chi connectivity index (χ3v) is 4.09. The van der Waals surface area contributed by atoms with E-state index in [2.05, 4.69) is 9.97 Å². The number of aromatic amines is 1. The molecular weight excluding hydrogens is 379 g/mol. The molecule has 0 fully saturated rings. The summed E-state index contributed by atoms with van der Waals surface area (Å²) in [7, 11) is 0. The summed E-state index contributed by atoms with van der Waals surface area (Å²) in [4.78, 5) is 31.0. The maximum absolute atomic E-state index is 12.1. The van der Waals surface area contributed by atoms with Crippen LogP contribution in [0.1, 0.15) is 18.9 Å². The van der Waals surface area contributed by atoms with Crippen molar-refractivity contribution < 1.29 is 14.3 Å². The molecule has 8 heteroatoms. The highest BCUT2D eigenvalue weighted by Gasteiger charge is 2.16. The number of carbonyl (C=O) groups is 1. The second-order valence-corrected chi connectivity index (χ2v) is 6.31. The fourth-order valence-corrected chi connectivity index (χ4v) is 2.78. The van der Waals surface area contributed by atoms with E-state index in [1.54, 1.807) is 43.3 Å². The summed E-state index contributed by atoms with van der Waals surface area (Å²) in [5, 5.41) is 1.22. The molecule has 6 nitrogen and oxygen atoms in total. The van der Waals surface area contributed by atoms with Crippen molar-refractivity contribution in [2.75, 3.05) is 6.61 Å². The summed E-state index contributed by atoms with van der Waals surface area (Å²) < 4.78 is 10.6. The maximum Gasteiger partial charge on any atom is 0.344 e. The molecule has 3 aromatic rings. The largest absolute Gasteiger partial charge is 0.480 e. The maximum atomic E-state index is 12.1. The van der Waals surface area contributed by atoms with E-state index in [0.29, 0.717) is 26.7 Å². The first-order valence-electron chi connectivity index (χ1n) is 7.70. The van der Waals surface area contributed by atoms with Gasteiger partial charge in [-0.2, -0.15) is 0 Å². The molecule has 0 bridgehead atoms. The molecule has 1 aromatic heterocycles. The van der Waals surface area contributed by atoms with Crippen LogP contribution in [0, 0.1) is 0 Å². The van der Waals surface area contributed by atoms with Crippen LogP contribution in [0.4, 0.5) is 0 Å². The van der Waals surface area contributed by atoms with E-state index in [1.165, 1.54) is 6.07 Å². The zero-order chi connectivity index (χ0) is 18.7. The van der Waals surface area contributed by atoms with E-state index < -0.39 is 12.1 Å². The van der Waals surface area contributed by atoms with Gasteiger partial charge >= 0.3 is 5.97 Å². The predicted molar refractivity (Wildman–Crippen MR) is 98.8 cm³/mol. The number of para-hydroxylation sites is 1. The predicted octanol–water partition coefficient (Wildman–Crippen LogP) is 3.91.